The third kappa shape index (κ3) is 6.42. The summed E-state index contributed by atoms with van der Waals surface area (Å²) in [6.45, 7) is 3.89. The summed E-state index contributed by atoms with van der Waals surface area (Å²) in [4.78, 5) is 28.4. The second-order valence-corrected chi connectivity index (χ2v) is 9.19. The fraction of sp³-hybridized carbons (Fsp3) is 0.333. The standard InChI is InChI=1S/C24H29FN6O2S/c1-16-6-10-19(11-7-16)26-21(32)14-30(5)22(33)15-34-24-28-27-23(17(2)29(3)4)31(24)20-12-8-18(25)9-13-20/h6-13,17H,14-15H2,1-5H3,(H,26,32)/t17-/m1/s1. The summed E-state index contributed by atoms with van der Waals surface area (Å²) in [5.41, 5.74) is 2.48. The minimum absolute atomic E-state index is 0.0595. The molecule has 34 heavy (non-hydrogen) atoms. The molecule has 0 saturated carbocycles. The highest BCUT2D eigenvalue weighted by molar-refractivity contribution is 7.99. The monoisotopic (exact) mass is 484 g/mol. The predicted molar refractivity (Wildman–Crippen MR) is 132 cm³/mol. The van der Waals surface area contributed by atoms with E-state index in [2.05, 4.69) is 15.5 Å². The molecule has 0 aliphatic rings. The average molecular weight is 485 g/mol. The largest absolute Gasteiger partial charge is 0.336 e. The molecule has 10 heteroatoms. The molecule has 3 rings (SSSR count). The van der Waals surface area contributed by atoms with Crippen molar-refractivity contribution in [3.05, 3.63) is 65.7 Å². The van der Waals surface area contributed by atoms with Crippen LogP contribution in [0.15, 0.2) is 53.7 Å². The molecule has 1 N–H and O–H groups in total. The van der Waals surface area contributed by atoms with Crippen molar-refractivity contribution < 1.29 is 14.0 Å². The van der Waals surface area contributed by atoms with E-state index in [1.54, 1.807) is 19.2 Å². The van der Waals surface area contributed by atoms with Crippen LogP contribution in [0, 0.1) is 12.7 Å². The van der Waals surface area contributed by atoms with Crippen LogP contribution in [-0.4, -0.2) is 69.8 Å². The second-order valence-electron chi connectivity index (χ2n) is 8.24. The van der Waals surface area contributed by atoms with E-state index in [4.69, 9.17) is 0 Å². The van der Waals surface area contributed by atoms with Crippen LogP contribution in [0.1, 0.15) is 24.4 Å². The van der Waals surface area contributed by atoms with E-state index in [0.29, 0.717) is 22.4 Å². The van der Waals surface area contributed by atoms with Crippen LogP contribution in [0.4, 0.5) is 10.1 Å². The van der Waals surface area contributed by atoms with Crippen LogP contribution in [0.25, 0.3) is 5.69 Å². The van der Waals surface area contributed by atoms with E-state index < -0.39 is 0 Å². The van der Waals surface area contributed by atoms with Crippen LogP contribution in [0.3, 0.4) is 0 Å². The van der Waals surface area contributed by atoms with Gasteiger partial charge in [0.05, 0.1) is 18.3 Å². The molecule has 3 aromatic rings. The van der Waals surface area contributed by atoms with Crippen LogP contribution in [0.2, 0.25) is 0 Å². The number of hydrogen-bond acceptors (Lipinski definition) is 6. The van der Waals surface area contributed by atoms with Gasteiger partial charge in [-0.15, -0.1) is 10.2 Å². The fourth-order valence-electron chi connectivity index (χ4n) is 3.09. The van der Waals surface area contributed by atoms with Crippen molar-refractivity contribution in [3.63, 3.8) is 0 Å². The molecule has 8 nitrogen and oxygen atoms in total. The summed E-state index contributed by atoms with van der Waals surface area (Å²) in [5, 5.41) is 11.9. The average Bonchev–Trinajstić information content (AvgIpc) is 3.22. The van der Waals surface area contributed by atoms with Gasteiger partial charge in [0.2, 0.25) is 11.8 Å². The lowest BCUT2D eigenvalue weighted by Gasteiger charge is -2.20. The van der Waals surface area contributed by atoms with Gasteiger partial charge >= 0.3 is 0 Å². The van der Waals surface area contributed by atoms with Gasteiger partial charge in [-0.05, 0) is 64.3 Å². The third-order valence-corrected chi connectivity index (χ3v) is 6.27. The molecule has 0 fully saturated rings. The minimum atomic E-state index is -0.339. The molecule has 0 aliphatic heterocycles. The maximum absolute atomic E-state index is 13.5. The number of aromatic nitrogens is 3. The Hall–Kier alpha value is -3.24. The number of hydrogen-bond donors (Lipinski definition) is 1. The zero-order chi connectivity index (χ0) is 24.8. The number of benzene rings is 2. The Bertz CT molecular complexity index is 1130. The van der Waals surface area contributed by atoms with Crippen molar-refractivity contribution in [3.8, 4) is 5.69 Å². The zero-order valence-electron chi connectivity index (χ0n) is 19.9. The second kappa shape index (κ2) is 11.3. The first kappa shape index (κ1) is 25.4. The van der Waals surface area contributed by atoms with E-state index in [0.717, 1.165) is 5.56 Å². The topological polar surface area (TPSA) is 83.4 Å². The van der Waals surface area contributed by atoms with Gasteiger partial charge < -0.3 is 10.2 Å². The van der Waals surface area contributed by atoms with Crippen molar-refractivity contribution in [1.82, 2.24) is 24.6 Å². The summed E-state index contributed by atoms with van der Waals surface area (Å²) in [7, 11) is 5.45. The maximum atomic E-state index is 13.5. The highest BCUT2D eigenvalue weighted by Crippen LogP contribution is 2.27. The number of thioether (sulfide) groups is 1. The number of likely N-dealkylation sites (N-methyl/N-ethyl adjacent to an activating group) is 1. The van der Waals surface area contributed by atoms with Gasteiger partial charge in [0.1, 0.15) is 5.82 Å². The van der Waals surface area contributed by atoms with Crippen molar-refractivity contribution in [2.45, 2.75) is 25.0 Å². The SMILES string of the molecule is Cc1ccc(NC(=O)CN(C)C(=O)CSc2nnc([C@@H](C)N(C)C)n2-c2ccc(F)cc2)cc1. The first-order valence-electron chi connectivity index (χ1n) is 10.8. The van der Waals surface area contributed by atoms with Crippen molar-refractivity contribution >= 4 is 29.3 Å². The van der Waals surface area contributed by atoms with Crippen LogP contribution >= 0.6 is 11.8 Å². The van der Waals surface area contributed by atoms with Gasteiger partial charge in [-0.25, -0.2) is 4.39 Å². The fourth-order valence-corrected chi connectivity index (χ4v) is 3.99. The zero-order valence-corrected chi connectivity index (χ0v) is 20.8. The van der Waals surface area contributed by atoms with E-state index in [-0.39, 0.29) is 36.0 Å². The molecule has 0 saturated heterocycles. The quantitative estimate of drug-likeness (QED) is 0.468. The number of carbonyl (C=O) groups excluding carboxylic acids is 2. The van der Waals surface area contributed by atoms with Gasteiger partial charge in [0.25, 0.3) is 0 Å². The molecule has 2 aromatic carbocycles. The van der Waals surface area contributed by atoms with Crippen LogP contribution in [-0.2, 0) is 9.59 Å². The lowest BCUT2D eigenvalue weighted by atomic mass is 10.2. The molecular formula is C24H29FN6O2S. The van der Waals surface area contributed by atoms with Gasteiger partial charge in [0, 0.05) is 18.4 Å². The van der Waals surface area contributed by atoms with E-state index in [1.807, 2.05) is 61.7 Å². The summed E-state index contributed by atoms with van der Waals surface area (Å²) in [5.74, 6) is -0.0863. The summed E-state index contributed by atoms with van der Waals surface area (Å²) >= 11 is 1.22. The molecule has 0 spiro atoms. The molecule has 1 heterocycles. The Labute approximate surface area is 203 Å². The molecule has 0 radical (unpaired) electrons. The summed E-state index contributed by atoms with van der Waals surface area (Å²) < 4.78 is 15.3. The van der Waals surface area contributed by atoms with Gasteiger partial charge in [-0.3, -0.25) is 19.1 Å². The first-order valence-corrected chi connectivity index (χ1v) is 11.7. The number of nitrogens with zero attached hydrogens (tertiary/aromatic N) is 5. The van der Waals surface area contributed by atoms with Gasteiger partial charge in [-0.2, -0.15) is 0 Å². The maximum Gasteiger partial charge on any atom is 0.243 e. The van der Waals surface area contributed by atoms with Gasteiger partial charge in [-0.1, -0.05) is 29.5 Å². The molecular weight excluding hydrogens is 455 g/mol. The molecule has 0 bridgehead atoms. The Balaban J connectivity index is 1.67. The molecule has 1 atom stereocenters. The molecule has 2 amide bonds. The Morgan fingerprint density at radius 3 is 2.32 bits per heavy atom. The number of nitrogens with one attached hydrogen (secondary N) is 1. The summed E-state index contributed by atoms with van der Waals surface area (Å²) in [6, 6.07) is 13.4. The molecule has 1 aromatic heterocycles. The highest BCUT2D eigenvalue weighted by atomic mass is 32.2. The van der Waals surface area contributed by atoms with E-state index in [9.17, 15) is 14.0 Å². The Kier molecular flexibility index (Phi) is 8.41. The Morgan fingerprint density at radius 2 is 1.71 bits per heavy atom. The smallest absolute Gasteiger partial charge is 0.243 e. The first-order chi connectivity index (χ1) is 16.2. The number of halogens is 1. The van der Waals surface area contributed by atoms with Crippen molar-refractivity contribution in [2.75, 3.05) is 38.8 Å². The number of amides is 2. The number of rotatable bonds is 9. The normalized spacial score (nSPS) is 12.0. The predicted octanol–water partition coefficient (Wildman–Crippen LogP) is 3.53. The number of aryl methyl sites for hydroxylation is 1. The third-order valence-electron chi connectivity index (χ3n) is 5.36. The van der Waals surface area contributed by atoms with Crippen molar-refractivity contribution in [1.29, 1.82) is 0 Å². The van der Waals surface area contributed by atoms with Crippen molar-refractivity contribution in [2.24, 2.45) is 0 Å². The minimum Gasteiger partial charge on any atom is -0.336 e. The van der Waals surface area contributed by atoms with Crippen LogP contribution < -0.4 is 5.32 Å². The number of anilines is 1. The highest BCUT2D eigenvalue weighted by Gasteiger charge is 2.22. The summed E-state index contributed by atoms with van der Waals surface area (Å²) in [6.07, 6.45) is 0. The number of carbonyl (C=O) groups is 2. The van der Waals surface area contributed by atoms with Crippen LogP contribution in [0.5, 0.6) is 0 Å². The van der Waals surface area contributed by atoms with Gasteiger partial charge in [0.15, 0.2) is 11.0 Å². The van der Waals surface area contributed by atoms with E-state index in [1.165, 1.54) is 28.8 Å². The lowest BCUT2D eigenvalue weighted by Crippen LogP contribution is -2.36. The molecule has 180 valence electrons. The van der Waals surface area contributed by atoms with E-state index >= 15 is 0 Å². The Morgan fingerprint density at radius 1 is 1.06 bits per heavy atom. The lowest BCUT2D eigenvalue weighted by molar-refractivity contribution is -0.131. The molecule has 0 unspecified atom stereocenters. The molecule has 0 aliphatic carbocycles.